The van der Waals surface area contributed by atoms with E-state index in [0.717, 1.165) is 47.0 Å². The molecule has 1 saturated carbocycles. The quantitative estimate of drug-likeness (QED) is 0.375. The molecule has 206 valence electrons. The predicted molar refractivity (Wildman–Crippen MR) is 151 cm³/mol. The Morgan fingerprint density at radius 1 is 0.923 bits per heavy atom. The number of ether oxygens (including phenoxy) is 4. The van der Waals surface area contributed by atoms with E-state index in [9.17, 15) is 9.59 Å². The molecule has 2 aromatic carbocycles. The van der Waals surface area contributed by atoms with Gasteiger partial charge >= 0.3 is 5.97 Å². The number of halogens is 1. The molecule has 2 aromatic rings. The lowest BCUT2D eigenvalue weighted by molar-refractivity contribution is -0.144. The summed E-state index contributed by atoms with van der Waals surface area (Å²) in [6.07, 6.45) is 4.70. The molecule has 1 heterocycles. The van der Waals surface area contributed by atoms with E-state index < -0.39 is 5.92 Å². The Balaban J connectivity index is 1.57. The Hall–Kier alpha value is -3.26. The zero-order chi connectivity index (χ0) is 27.7. The Labute approximate surface area is 237 Å². The zero-order valence-corrected chi connectivity index (χ0v) is 24.4. The number of nitrogens with one attached hydrogen (secondary N) is 1. The van der Waals surface area contributed by atoms with Crippen molar-refractivity contribution in [2.45, 2.75) is 63.4 Å². The summed E-state index contributed by atoms with van der Waals surface area (Å²) < 4.78 is 23.5. The van der Waals surface area contributed by atoms with Gasteiger partial charge in [-0.3, -0.25) is 4.79 Å². The van der Waals surface area contributed by atoms with Gasteiger partial charge in [0.1, 0.15) is 11.9 Å². The first-order valence-electron chi connectivity index (χ1n) is 13.3. The van der Waals surface area contributed by atoms with Gasteiger partial charge in [0.25, 0.3) is 0 Å². The van der Waals surface area contributed by atoms with Crippen LogP contribution in [0.15, 0.2) is 63.4 Å². The number of ketones is 1. The van der Waals surface area contributed by atoms with Crippen LogP contribution in [0.2, 0.25) is 0 Å². The smallest absolute Gasteiger partial charge is 0.337 e. The molecule has 1 fully saturated rings. The van der Waals surface area contributed by atoms with E-state index in [2.05, 4.69) is 21.2 Å². The van der Waals surface area contributed by atoms with Crippen LogP contribution in [0.4, 0.5) is 0 Å². The molecule has 1 N–H and O–H groups in total. The van der Waals surface area contributed by atoms with Crippen LogP contribution in [0.1, 0.15) is 68.4 Å². The van der Waals surface area contributed by atoms with Gasteiger partial charge in [-0.1, -0.05) is 22.0 Å². The van der Waals surface area contributed by atoms with E-state index in [-0.39, 0.29) is 23.8 Å². The highest BCUT2D eigenvalue weighted by molar-refractivity contribution is 9.10. The number of allylic oxidation sites excluding steroid dienone is 3. The van der Waals surface area contributed by atoms with Gasteiger partial charge < -0.3 is 24.3 Å². The average molecular weight is 597 g/mol. The zero-order valence-electron chi connectivity index (χ0n) is 22.8. The van der Waals surface area contributed by atoms with Gasteiger partial charge in [0.15, 0.2) is 17.3 Å². The van der Waals surface area contributed by atoms with E-state index >= 15 is 0 Å². The van der Waals surface area contributed by atoms with Crippen LogP contribution < -0.4 is 19.5 Å². The second kappa shape index (κ2) is 11.5. The summed E-state index contributed by atoms with van der Waals surface area (Å²) in [6, 6.07) is 11.5. The number of dihydropyridines is 1. The van der Waals surface area contributed by atoms with E-state index in [1.165, 1.54) is 0 Å². The van der Waals surface area contributed by atoms with Gasteiger partial charge in [0, 0.05) is 33.4 Å². The summed E-state index contributed by atoms with van der Waals surface area (Å²) in [6.45, 7) is 1.89. The fraction of sp³-hybridized carbons (Fsp3) is 0.419. The third-order valence-electron chi connectivity index (χ3n) is 8.01. The van der Waals surface area contributed by atoms with Crippen LogP contribution in [-0.4, -0.2) is 39.2 Å². The van der Waals surface area contributed by atoms with Crippen molar-refractivity contribution in [1.82, 2.24) is 5.32 Å². The summed E-state index contributed by atoms with van der Waals surface area (Å²) in [7, 11) is 4.81. The van der Waals surface area contributed by atoms with Crippen molar-refractivity contribution in [2.75, 3.05) is 21.3 Å². The summed E-state index contributed by atoms with van der Waals surface area (Å²) in [5.74, 6) is 0.865. The molecule has 3 aliphatic rings. The van der Waals surface area contributed by atoms with Gasteiger partial charge in [0.05, 0.1) is 32.8 Å². The van der Waals surface area contributed by atoms with Crippen LogP contribution in [0, 0.1) is 0 Å². The molecular formula is C31H34BrNO6. The third kappa shape index (κ3) is 5.31. The molecule has 0 radical (unpaired) electrons. The fourth-order valence-corrected chi connectivity index (χ4v) is 6.49. The summed E-state index contributed by atoms with van der Waals surface area (Å²) in [5, 5.41) is 3.44. The lowest BCUT2D eigenvalue weighted by atomic mass is 9.71. The molecule has 1 aliphatic heterocycles. The minimum absolute atomic E-state index is 0.00534. The van der Waals surface area contributed by atoms with Gasteiger partial charge in [-0.25, -0.2) is 4.79 Å². The molecule has 0 aromatic heterocycles. The van der Waals surface area contributed by atoms with E-state index in [1.54, 1.807) is 21.3 Å². The van der Waals surface area contributed by atoms with Crippen molar-refractivity contribution in [1.29, 1.82) is 0 Å². The first-order chi connectivity index (χ1) is 18.8. The van der Waals surface area contributed by atoms with Crippen molar-refractivity contribution in [3.8, 4) is 17.2 Å². The number of rotatable bonds is 7. The Kier molecular flexibility index (Phi) is 8.03. The Morgan fingerprint density at radius 2 is 1.62 bits per heavy atom. The van der Waals surface area contributed by atoms with Crippen molar-refractivity contribution >= 4 is 27.7 Å². The maximum atomic E-state index is 14.0. The molecule has 0 bridgehead atoms. The molecule has 0 amide bonds. The Bertz CT molecular complexity index is 1360. The highest BCUT2D eigenvalue weighted by Gasteiger charge is 2.43. The van der Waals surface area contributed by atoms with Gasteiger partial charge in [-0.05, 0) is 80.8 Å². The van der Waals surface area contributed by atoms with Crippen molar-refractivity contribution in [3.05, 3.63) is 74.5 Å². The number of benzene rings is 2. The molecule has 2 aliphatic carbocycles. The lowest BCUT2D eigenvalue weighted by Crippen LogP contribution is -2.36. The van der Waals surface area contributed by atoms with Crippen molar-refractivity contribution in [2.24, 2.45) is 0 Å². The van der Waals surface area contributed by atoms with Gasteiger partial charge in [-0.2, -0.15) is 0 Å². The molecule has 0 saturated heterocycles. The minimum atomic E-state index is -0.596. The highest BCUT2D eigenvalue weighted by Crippen LogP contribution is 2.49. The minimum Gasteiger partial charge on any atom is -0.496 e. The molecule has 2 atom stereocenters. The standard InChI is InChI=1S/C31H34BrNO6/c1-17-28(31(35)39-21-7-5-6-8-21)29(22-16-20(32)10-12-25(22)36-2)30-23(33-17)13-19(14-24(30)34)18-9-11-26(37-3)27(15-18)38-4/h9-12,15-16,19,21,29,33H,5-8,13-14H2,1-4H3. The van der Waals surface area contributed by atoms with Crippen molar-refractivity contribution in [3.63, 3.8) is 0 Å². The molecule has 5 rings (SSSR count). The highest BCUT2D eigenvalue weighted by atomic mass is 79.9. The monoisotopic (exact) mass is 595 g/mol. The molecule has 2 unspecified atom stereocenters. The van der Waals surface area contributed by atoms with Gasteiger partial charge in [0.2, 0.25) is 0 Å². The SMILES string of the molecule is COc1ccc(C2CC(=O)C3=C(C2)NC(C)=C(C(=O)OC2CCCC2)C3c2cc(Br)ccc2OC)cc1OC. The second-order valence-electron chi connectivity index (χ2n) is 10.3. The van der Waals surface area contributed by atoms with Crippen LogP contribution >= 0.6 is 15.9 Å². The number of Topliss-reactive ketones (excluding diaryl/α,β-unsaturated/α-hetero) is 1. The second-order valence-corrected chi connectivity index (χ2v) is 11.2. The van der Waals surface area contributed by atoms with Gasteiger partial charge in [-0.15, -0.1) is 0 Å². The molecule has 7 nitrogen and oxygen atoms in total. The third-order valence-corrected chi connectivity index (χ3v) is 8.50. The van der Waals surface area contributed by atoms with Crippen LogP contribution in [0.25, 0.3) is 0 Å². The maximum absolute atomic E-state index is 14.0. The summed E-state index contributed by atoms with van der Waals surface area (Å²) in [4.78, 5) is 27.7. The molecular weight excluding hydrogens is 562 g/mol. The Morgan fingerprint density at radius 3 is 2.31 bits per heavy atom. The normalized spacial score (nSPS) is 21.4. The number of esters is 1. The van der Waals surface area contributed by atoms with E-state index in [0.29, 0.717) is 46.9 Å². The number of hydrogen-bond donors (Lipinski definition) is 1. The number of carbonyl (C=O) groups excluding carboxylic acids is 2. The fourth-order valence-electron chi connectivity index (χ4n) is 6.11. The first-order valence-corrected chi connectivity index (χ1v) is 14.1. The van der Waals surface area contributed by atoms with E-state index in [4.69, 9.17) is 18.9 Å². The number of hydrogen-bond acceptors (Lipinski definition) is 7. The molecule has 8 heteroatoms. The van der Waals surface area contributed by atoms with Crippen LogP contribution in [0.5, 0.6) is 17.2 Å². The largest absolute Gasteiger partial charge is 0.496 e. The summed E-state index contributed by atoms with van der Waals surface area (Å²) in [5.41, 5.74) is 4.36. The predicted octanol–water partition coefficient (Wildman–Crippen LogP) is 6.32. The van der Waals surface area contributed by atoms with Crippen LogP contribution in [-0.2, 0) is 14.3 Å². The maximum Gasteiger partial charge on any atom is 0.337 e. The first kappa shape index (κ1) is 27.3. The molecule has 39 heavy (non-hydrogen) atoms. The van der Waals surface area contributed by atoms with E-state index in [1.807, 2.05) is 43.3 Å². The van der Waals surface area contributed by atoms with Crippen LogP contribution in [0.3, 0.4) is 0 Å². The lowest BCUT2D eigenvalue weighted by Gasteiger charge is -2.37. The topological polar surface area (TPSA) is 83.1 Å². The summed E-state index contributed by atoms with van der Waals surface area (Å²) >= 11 is 3.58. The average Bonchev–Trinajstić information content (AvgIpc) is 3.44. The number of carbonyl (C=O) groups is 2. The van der Waals surface area contributed by atoms with Crippen molar-refractivity contribution < 1.29 is 28.5 Å². The molecule has 0 spiro atoms. The number of methoxy groups -OCH3 is 3.